The number of ether oxygens (including phenoxy) is 2. The molecule has 11 heteroatoms. The van der Waals surface area contributed by atoms with Gasteiger partial charge in [0.25, 0.3) is 0 Å². The lowest BCUT2D eigenvalue weighted by Crippen LogP contribution is -2.15. The molecule has 0 saturated heterocycles. The Balaban J connectivity index is 1.61. The van der Waals surface area contributed by atoms with Crippen molar-refractivity contribution in [2.75, 3.05) is 12.4 Å². The molecule has 5 rings (SSSR count). The van der Waals surface area contributed by atoms with Gasteiger partial charge in [0.15, 0.2) is 5.69 Å². The number of nitrogens with zero attached hydrogens (tertiary/aromatic N) is 5. The molecular formula is C22H18ClFN6O3. The largest absolute Gasteiger partial charge is 0.469 e. The van der Waals surface area contributed by atoms with Crippen molar-refractivity contribution in [1.82, 2.24) is 24.7 Å². The van der Waals surface area contributed by atoms with Crippen molar-refractivity contribution in [3.8, 4) is 17.1 Å². The van der Waals surface area contributed by atoms with Gasteiger partial charge in [-0.15, -0.1) is 0 Å². The first kappa shape index (κ1) is 21.1. The van der Waals surface area contributed by atoms with E-state index >= 15 is 0 Å². The summed E-state index contributed by atoms with van der Waals surface area (Å²) < 4.78 is 26.7. The van der Waals surface area contributed by atoms with Gasteiger partial charge < -0.3 is 14.8 Å². The SMILES string of the molecule is COC(=O)c1nc(Cl)ccc1N[C@H](C)c1cc(F)cc2nc3c(nc12)-c1cn(C)nc1CO3. The third-order valence-electron chi connectivity index (χ3n) is 5.32. The maximum atomic E-state index is 14.5. The summed E-state index contributed by atoms with van der Waals surface area (Å²) in [5.74, 6) is -0.790. The topological polar surface area (TPSA) is 104 Å². The van der Waals surface area contributed by atoms with Gasteiger partial charge >= 0.3 is 5.97 Å². The second kappa shape index (κ2) is 7.96. The molecule has 0 fully saturated rings. The quantitative estimate of drug-likeness (QED) is 0.353. The highest BCUT2D eigenvalue weighted by atomic mass is 35.5. The van der Waals surface area contributed by atoms with Crippen LogP contribution in [0.15, 0.2) is 30.5 Å². The Morgan fingerprint density at radius 3 is 2.91 bits per heavy atom. The number of halogens is 2. The van der Waals surface area contributed by atoms with E-state index in [1.54, 1.807) is 16.8 Å². The highest BCUT2D eigenvalue weighted by Gasteiger charge is 2.26. The van der Waals surface area contributed by atoms with E-state index in [4.69, 9.17) is 26.1 Å². The number of aromatic nitrogens is 5. The fraction of sp³-hybridized carbons (Fsp3) is 0.227. The number of methoxy groups -OCH3 is 1. The van der Waals surface area contributed by atoms with Crippen LogP contribution < -0.4 is 10.1 Å². The van der Waals surface area contributed by atoms with Crippen LogP contribution in [0, 0.1) is 5.82 Å². The number of fused-ring (bicyclic) bond motifs is 4. The molecule has 1 N–H and O–H groups in total. The first-order valence-corrected chi connectivity index (χ1v) is 10.4. The summed E-state index contributed by atoms with van der Waals surface area (Å²) in [5, 5.41) is 7.72. The Morgan fingerprint density at radius 1 is 1.30 bits per heavy atom. The number of carbonyl (C=O) groups is 1. The molecule has 3 aromatic heterocycles. The van der Waals surface area contributed by atoms with Crippen LogP contribution in [0.25, 0.3) is 22.3 Å². The Hall–Kier alpha value is -3.79. The highest BCUT2D eigenvalue weighted by molar-refractivity contribution is 6.29. The van der Waals surface area contributed by atoms with Crippen LogP contribution in [0.5, 0.6) is 5.88 Å². The van der Waals surface area contributed by atoms with Gasteiger partial charge in [0, 0.05) is 24.9 Å². The molecule has 0 radical (unpaired) electrons. The zero-order chi connectivity index (χ0) is 23.3. The molecule has 168 valence electrons. The van der Waals surface area contributed by atoms with Crippen LogP contribution in [0.2, 0.25) is 5.15 Å². The van der Waals surface area contributed by atoms with Gasteiger partial charge in [0.1, 0.15) is 29.0 Å². The normalized spacial score (nSPS) is 13.1. The van der Waals surface area contributed by atoms with Crippen molar-refractivity contribution in [3.05, 3.63) is 58.4 Å². The van der Waals surface area contributed by atoms with Crippen molar-refractivity contribution in [2.24, 2.45) is 7.05 Å². The number of anilines is 1. The van der Waals surface area contributed by atoms with Gasteiger partial charge in [-0.3, -0.25) is 4.68 Å². The Labute approximate surface area is 192 Å². The summed E-state index contributed by atoms with van der Waals surface area (Å²) in [6.07, 6.45) is 1.85. The number of rotatable bonds is 4. The van der Waals surface area contributed by atoms with Crippen molar-refractivity contribution < 1.29 is 18.7 Å². The monoisotopic (exact) mass is 468 g/mol. The highest BCUT2D eigenvalue weighted by Crippen LogP contribution is 2.37. The average molecular weight is 469 g/mol. The molecule has 9 nitrogen and oxygen atoms in total. The molecule has 1 aromatic carbocycles. The van der Waals surface area contributed by atoms with Crippen LogP contribution in [0.3, 0.4) is 0 Å². The van der Waals surface area contributed by atoms with E-state index in [9.17, 15) is 9.18 Å². The number of esters is 1. The number of pyridine rings is 1. The molecule has 4 aromatic rings. The maximum absolute atomic E-state index is 14.5. The predicted molar refractivity (Wildman–Crippen MR) is 119 cm³/mol. The van der Waals surface area contributed by atoms with Gasteiger partial charge in [-0.2, -0.15) is 5.10 Å². The van der Waals surface area contributed by atoms with Crippen LogP contribution >= 0.6 is 11.6 Å². The number of aryl methyl sites for hydroxylation is 1. The van der Waals surface area contributed by atoms with Crippen LogP contribution in [-0.4, -0.2) is 37.8 Å². The molecule has 0 aliphatic carbocycles. The molecule has 1 atom stereocenters. The summed E-state index contributed by atoms with van der Waals surface area (Å²) >= 11 is 5.95. The van der Waals surface area contributed by atoms with Crippen molar-refractivity contribution in [2.45, 2.75) is 19.6 Å². The molecule has 4 heterocycles. The molecule has 33 heavy (non-hydrogen) atoms. The van der Waals surface area contributed by atoms with Crippen LogP contribution in [-0.2, 0) is 18.4 Å². The molecule has 1 aliphatic rings. The van der Waals surface area contributed by atoms with Gasteiger partial charge in [0.2, 0.25) is 5.88 Å². The average Bonchev–Trinajstić information content (AvgIpc) is 3.18. The number of hydrogen-bond acceptors (Lipinski definition) is 8. The molecule has 0 spiro atoms. The minimum absolute atomic E-state index is 0.0226. The molecule has 0 unspecified atom stereocenters. The summed E-state index contributed by atoms with van der Waals surface area (Å²) in [4.78, 5) is 25.5. The number of hydrogen-bond donors (Lipinski definition) is 1. The van der Waals surface area contributed by atoms with Crippen molar-refractivity contribution in [3.63, 3.8) is 0 Å². The van der Waals surface area contributed by atoms with Crippen molar-refractivity contribution in [1.29, 1.82) is 0 Å². The summed E-state index contributed by atoms with van der Waals surface area (Å²) in [5.41, 5.74) is 3.92. The Kier molecular flexibility index (Phi) is 5.09. The van der Waals surface area contributed by atoms with E-state index in [-0.39, 0.29) is 17.5 Å². The van der Waals surface area contributed by atoms with Gasteiger partial charge in [0.05, 0.1) is 35.4 Å². The van der Waals surface area contributed by atoms with E-state index in [1.807, 2.05) is 20.2 Å². The molecular weight excluding hydrogens is 451 g/mol. The molecule has 0 bridgehead atoms. The maximum Gasteiger partial charge on any atom is 0.358 e. The van der Waals surface area contributed by atoms with Gasteiger partial charge in [-0.1, -0.05) is 11.6 Å². The summed E-state index contributed by atoms with van der Waals surface area (Å²) in [7, 11) is 3.07. The van der Waals surface area contributed by atoms with E-state index in [0.717, 1.165) is 11.3 Å². The molecule has 0 amide bonds. The second-order valence-electron chi connectivity index (χ2n) is 7.58. The van der Waals surface area contributed by atoms with Crippen molar-refractivity contribution >= 4 is 34.3 Å². The minimum atomic E-state index is -0.647. The van der Waals surface area contributed by atoms with E-state index in [1.165, 1.54) is 19.2 Å². The summed E-state index contributed by atoms with van der Waals surface area (Å²) in [6, 6.07) is 5.38. The Morgan fingerprint density at radius 2 is 2.12 bits per heavy atom. The lowest BCUT2D eigenvalue weighted by molar-refractivity contribution is 0.0595. The van der Waals surface area contributed by atoms with Gasteiger partial charge in [-0.05, 0) is 25.1 Å². The predicted octanol–water partition coefficient (Wildman–Crippen LogP) is 4.07. The van der Waals surface area contributed by atoms with E-state index in [0.29, 0.717) is 33.9 Å². The fourth-order valence-corrected chi connectivity index (χ4v) is 3.98. The lowest BCUT2D eigenvalue weighted by atomic mass is 10.0. The van der Waals surface area contributed by atoms with Gasteiger partial charge in [-0.25, -0.2) is 24.1 Å². The van der Waals surface area contributed by atoms with Crippen LogP contribution in [0.4, 0.5) is 10.1 Å². The van der Waals surface area contributed by atoms with E-state index in [2.05, 4.69) is 20.4 Å². The second-order valence-corrected chi connectivity index (χ2v) is 7.97. The minimum Gasteiger partial charge on any atom is -0.469 e. The zero-order valence-electron chi connectivity index (χ0n) is 17.9. The number of nitrogens with one attached hydrogen (secondary N) is 1. The summed E-state index contributed by atoms with van der Waals surface area (Å²) in [6.45, 7) is 2.08. The van der Waals surface area contributed by atoms with Crippen LogP contribution in [0.1, 0.15) is 34.7 Å². The Bertz CT molecular complexity index is 1420. The molecule has 0 saturated carbocycles. The number of carbonyl (C=O) groups excluding carboxylic acids is 1. The first-order chi connectivity index (χ1) is 15.8. The third kappa shape index (κ3) is 3.72. The zero-order valence-corrected chi connectivity index (χ0v) is 18.6. The molecule has 1 aliphatic heterocycles. The third-order valence-corrected chi connectivity index (χ3v) is 5.53. The smallest absolute Gasteiger partial charge is 0.358 e. The first-order valence-electron chi connectivity index (χ1n) is 10.0. The fourth-order valence-electron chi connectivity index (χ4n) is 3.83. The van der Waals surface area contributed by atoms with E-state index < -0.39 is 17.8 Å². The standard InChI is InChI=1S/C22H18ClFN6O3/c1-10(25-14-4-5-17(23)27-20(14)22(31)32-3)12-6-11(24)7-15-18(12)28-19-13-8-30(2)29-16(13)9-33-21(19)26-15/h4-8,10,25H,9H2,1-3H3/t10-/m1/s1. The number of benzene rings is 1. The lowest BCUT2D eigenvalue weighted by Gasteiger charge is -2.20.